The molecule has 194 valence electrons. The number of amides is 2. The van der Waals surface area contributed by atoms with Gasteiger partial charge in [-0.05, 0) is 35.4 Å². The number of fused-ring (bicyclic) bond motifs is 1. The normalized spacial score (nSPS) is 18.3. The maximum absolute atomic E-state index is 13.5. The van der Waals surface area contributed by atoms with Gasteiger partial charge in [0.1, 0.15) is 36.6 Å². The number of hydrogen-bond acceptors (Lipinski definition) is 7. The van der Waals surface area contributed by atoms with Gasteiger partial charge in [0.25, 0.3) is 5.91 Å². The molecule has 0 radical (unpaired) electrons. The summed E-state index contributed by atoms with van der Waals surface area (Å²) in [6.07, 6.45) is 3.47. The van der Waals surface area contributed by atoms with E-state index in [1.165, 1.54) is 29.4 Å². The fourth-order valence-corrected chi connectivity index (χ4v) is 4.18. The van der Waals surface area contributed by atoms with Gasteiger partial charge in [0, 0.05) is 25.7 Å². The van der Waals surface area contributed by atoms with E-state index in [-0.39, 0.29) is 31.5 Å². The molecule has 0 saturated carbocycles. The van der Waals surface area contributed by atoms with Crippen LogP contribution in [0.25, 0.3) is 0 Å². The van der Waals surface area contributed by atoms with Crippen molar-refractivity contribution in [3.63, 3.8) is 0 Å². The third-order valence-electron chi connectivity index (χ3n) is 6.46. The predicted octanol–water partition coefficient (Wildman–Crippen LogP) is 1.98. The SMILES string of the molecule is CN1C(=O)[C@@H](NC(=O)n2cc(Cc3cccc(F)c3)cn2)COc2ccc(OCC3(CO)COC3)cc21. The Balaban J connectivity index is 1.23. The number of aliphatic hydroxyl groups is 1. The molecular weight excluding hydrogens is 483 g/mol. The van der Waals surface area contributed by atoms with E-state index in [9.17, 15) is 19.1 Å². The number of nitrogens with zero attached hydrogens (tertiary/aromatic N) is 3. The molecule has 1 aromatic heterocycles. The maximum Gasteiger partial charge on any atom is 0.342 e. The maximum atomic E-state index is 13.5. The van der Waals surface area contributed by atoms with Crippen molar-refractivity contribution in [2.45, 2.75) is 12.5 Å². The molecule has 3 heterocycles. The van der Waals surface area contributed by atoms with Crippen LogP contribution in [0.4, 0.5) is 14.9 Å². The van der Waals surface area contributed by atoms with Crippen LogP contribution in [0.5, 0.6) is 11.5 Å². The van der Waals surface area contributed by atoms with Crippen LogP contribution in [0.2, 0.25) is 0 Å². The van der Waals surface area contributed by atoms with Gasteiger partial charge < -0.3 is 29.5 Å². The predicted molar refractivity (Wildman–Crippen MR) is 130 cm³/mol. The smallest absolute Gasteiger partial charge is 0.342 e. The van der Waals surface area contributed by atoms with E-state index in [1.807, 2.05) is 0 Å². The minimum atomic E-state index is -0.949. The number of aromatic nitrogens is 2. The molecule has 3 aromatic rings. The molecule has 0 aliphatic carbocycles. The minimum absolute atomic E-state index is 0.0383. The zero-order valence-corrected chi connectivity index (χ0v) is 20.2. The lowest BCUT2D eigenvalue weighted by atomic mass is 9.88. The zero-order valence-electron chi connectivity index (χ0n) is 20.2. The number of halogens is 1. The number of aliphatic hydroxyl groups excluding tert-OH is 1. The van der Waals surface area contributed by atoms with Gasteiger partial charge in [0.2, 0.25) is 0 Å². The number of benzene rings is 2. The summed E-state index contributed by atoms with van der Waals surface area (Å²) in [6, 6.07) is 9.78. The van der Waals surface area contributed by atoms with Crippen molar-refractivity contribution >= 4 is 17.6 Å². The Labute approximate surface area is 212 Å². The number of likely N-dealkylation sites (N-methyl/N-ethyl adjacent to an activating group) is 1. The molecule has 37 heavy (non-hydrogen) atoms. The minimum Gasteiger partial charge on any atom is -0.493 e. The Hall–Kier alpha value is -3.96. The number of carbonyl (C=O) groups is 2. The average molecular weight is 511 g/mol. The van der Waals surface area contributed by atoms with Gasteiger partial charge in [0.05, 0.1) is 37.1 Å². The van der Waals surface area contributed by atoms with E-state index < -0.39 is 17.5 Å². The Morgan fingerprint density at radius 2 is 2.11 bits per heavy atom. The van der Waals surface area contributed by atoms with Crippen molar-refractivity contribution in [1.29, 1.82) is 0 Å². The first kappa shape index (κ1) is 24.7. The van der Waals surface area contributed by atoms with Crippen LogP contribution < -0.4 is 19.7 Å². The lowest BCUT2D eigenvalue weighted by molar-refractivity contribution is -0.153. The molecule has 2 aliphatic rings. The quantitative estimate of drug-likeness (QED) is 0.500. The molecule has 11 heteroatoms. The number of hydrogen-bond donors (Lipinski definition) is 2. The van der Waals surface area contributed by atoms with Gasteiger partial charge in [-0.1, -0.05) is 12.1 Å². The highest BCUT2D eigenvalue weighted by molar-refractivity contribution is 6.00. The van der Waals surface area contributed by atoms with Gasteiger partial charge in [-0.3, -0.25) is 4.79 Å². The first-order chi connectivity index (χ1) is 17.9. The molecule has 0 spiro atoms. The van der Waals surface area contributed by atoms with E-state index in [4.69, 9.17) is 14.2 Å². The first-order valence-corrected chi connectivity index (χ1v) is 11.8. The van der Waals surface area contributed by atoms with E-state index in [0.29, 0.717) is 36.8 Å². The van der Waals surface area contributed by atoms with E-state index >= 15 is 0 Å². The summed E-state index contributed by atoms with van der Waals surface area (Å²) in [5.74, 6) is 0.294. The number of nitrogens with one attached hydrogen (secondary N) is 1. The van der Waals surface area contributed by atoms with Crippen molar-refractivity contribution in [3.05, 3.63) is 71.8 Å². The zero-order chi connectivity index (χ0) is 26.0. The summed E-state index contributed by atoms with van der Waals surface area (Å²) in [7, 11) is 1.60. The standard InChI is InChI=1S/C26H27FN4O6/c1-30-22-9-20(37-16-26(13-32)14-35-15-26)5-6-23(22)36-12-21(24(30)33)29-25(34)31-11-18(10-28-31)7-17-3-2-4-19(27)8-17/h2-6,8-11,21,32H,7,12-16H2,1H3,(H,29,34)/t21-/m0/s1. The van der Waals surface area contributed by atoms with Crippen LogP contribution in [0.15, 0.2) is 54.9 Å². The van der Waals surface area contributed by atoms with Crippen LogP contribution in [-0.2, 0) is 16.0 Å². The summed E-state index contributed by atoms with van der Waals surface area (Å²) >= 11 is 0. The molecule has 0 bridgehead atoms. The summed E-state index contributed by atoms with van der Waals surface area (Å²) in [4.78, 5) is 27.4. The average Bonchev–Trinajstić information content (AvgIpc) is 3.30. The van der Waals surface area contributed by atoms with Crippen molar-refractivity contribution in [2.24, 2.45) is 5.41 Å². The lowest BCUT2D eigenvalue weighted by Crippen LogP contribution is -2.50. The second-order valence-corrected chi connectivity index (χ2v) is 9.38. The second-order valence-electron chi connectivity index (χ2n) is 9.38. The lowest BCUT2D eigenvalue weighted by Gasteiger charge is -2.39. The summed E-state index contributed by atoms with van der Waals surface area (Å²) < 4.78 is 31.4. The third-order valence-corrected chi connectivity index (χ3v) is 6.46. The van der Waals surface area contributed by atoms with Gasteiger partial charge in [0.15, 0.2) is 0 Å². The fraction of sp³-hybridized carbons (Fsp3) is 0.346. The third kappa shape index (κ3) is 5.27. The molecular formula is C26H27FN4O6. The highest BCUT2D eigenvalue weighted by Gasteiger charge is 2.39. The molecule has 10 nitrogen and oxygen atoms in total. The number of carbonyl (C=O) groups excluding carboxylic acids is 2. The second kappa shape index (κ2) is 10.2. The van der Waals surface area contributed by atoms with Gasteiger partial charge in [-0.2, -0.15) is 9.78 Å². The summed E-state index contributed by atoms with van der Waals surface area (Å²) in [5, 5.41) is 16.3. The molecule has 5 rings (SSSR count). The van der Waals surface area contributed by atoms with Gasteiger partial charge in [-0.15, -0.1) is 0 Å². The number of anilines is 1. The Morgan fingerprint density at radius 1 is 1.27 bits per heavy atom. The van der Waals surface area contributed by atoms with Gasteiger partial charge >= 0.3 is 6.03 Å². The van der Waals surface area contributed by atoms with Crippen molar-refractivity contribution in [3.8, 4) is 11.5 Å². The fourth-order valence-electron chi connectivity index (χ4n) is 4.18. The molecule has 2 aliphatic heterocycles. The highest BCUT2D eigenvalue weighted by atomic mass is 19.1. The van der Waals surface area contributed by atoms with E-state index in [1.54, 1.807) is 37.4 Å². The summed E-state index contributed by atoms with van der Waals surface area (Å²) in [6.45, 7) is 1.04. The van der Waals surface area contributed by atoms with Crippen molar-refractivity contribution in [1.82, 2.24) is 15.1 Å². The van der Waals surface area contributed by atoms with Crippen LogP contribution in [-0.4, -0.2) is 72.9 Å². The van der Waals surface area contributed by atoms with E-state index in [0.717, 1.165) is 15.8 Å². The Kier molecular flexibility index (Phi) is 6.81. The van der Waals surface area contributed by atoms with Crippen molar-refractivity contribution < 1.29 is 33.3 Å². The van der Waals surface area contributed by atoms with Crippen LogP contribution >= 0.6 is 0 Å². The Bertz CT molecular complexity index is 1300. The molecule has 0 unspecified atom stereocenters. The van der Waals surface area contributed by atoms with Crippen LogP contribution in [0.3, 0.4) is 0 Å². The van der Waals surface area contributed by atoms with Crippen molar-refractivity contribution in [2.75, 3.05) is 45.0 Å². The highest BCUT2D eigenvalue weighted by Crippen LogP contribution is 2.35. The largest absolute Gasteiger partial charge is 0.493 e. The van der Waals surface area contributed by atoms with E-state index in [2.05, 4.69) is 10.4 Å². The molecule has 1 fully saturated rings. The molecule has 2 aromatic carbocycles. The van der Waals surface area contributed by atoms with Gasteiger partial charge in [-0.25, -0.2) is 9.18 Å². The molecule has 2 amide bonds. The summed E-state index contributed by atoms with van der Waals surface area (Å²) in [5.41, 5.74) is 1.56. The monoisotopic (exact) mass is 510 g/mol. The first-order valence-electron chi connectivity index (χ1n) is 11.8. The number of rotatable bonds is 7. The molecule has 1 saturated heterocycles. The number of ether oxygens (including phenoxy) is 3. The van der Waals surface area contributed by atoms with Crippen LogP contribution in [0, 0.1) is 11.2 Å². The topological polar surface area (TPSA) is 115 Å². The van der Waals surface area contributed by atoms with Crippen LogP contribution in [0.1, 0.15) is 11.1 Å². The molecule has 2 N–H and O–H groups in total. The Morgan fingerprint density at radius 3 is 2.84 bits per heavy atom. The molecule has 1 atom stereocenters.